The first-order valence-corrected chi connectivity index (χ1v) is 16.0. The maximum atomic E-state index is 14.3. The number of pyridine rings is 1. The number of aromatic amines is 1. The predicted octanol–water partition coefficient (Wildman–Crippen LogP) is 7.65. The van der Waals surface area contributed by atoms with Crippen LogP contribution >= 0.6 is 46.6 Å². The summed E-state index contributed by atoms with van der Waals surface area (Å²) in [7, 11) is 0. The number of carbonyl (C=O) groups excluding carboxylic acids is 2. The minimum Gasteiger partial charge on any atom is -0.505 e. The van der Waals surface area contributed by atoms with E-state index in [2.05, 4.69) is 6.07 Å². The third-order valence-corrected chi connectivity index (χ3v) is 11.0. The fourth-order valence-corrected chi connectivity index (χ4v) is 8.09. The number of rotatable bonds is 6. The lowest BCUT2D eigenvalue weighted by atomic mass is 9.91. The monoisotopic (exact) mass is 692 g/mol. The third kappa shape index (κ3) is 5.46. The molecule has 2 N–H and O–H groups in total. The van der Waals surface area contributed by atoms with Crippen LogP contribution in [0.15, 0.2) is 44.9 Å². The van der Waals surface area contributed by atoms with E-state index in [1.165, 1.54) is 17.0 Å². The smallest absolute Gasteiger partial charge is 0.362 e. The van der Waals surface area contributed by atoms with E-state index in [0.29, 0.717) is 28.9 Å². The fraction of sp³-hybridized carbons (Fsp3) is 0.355. The summed E-state index contributed by atoms with van der Waals surface area (Å²) >= 11 is 18.7. The minimum atomic E-state index is -3.95. The van der Waals surface area contributed by atoms with Gasteiger partial charge in [0.25, 0.3) is 11.5 Å². The quantitative estimate of drug-likeness (QED) is 0.256. The number of benzene rings is 2. The zero-order valence-electron chi connectivity index (χ0n) is 23.7. The number of nitriles is 1. The van der Waals surface area contributed by atoms with Crippen LogP contribution in [0.3, 0.4) is 0 Å². The van der Waals surface area contributed by atoms with Gasteiger partial charge in [-0.25, -0.2) is 0 Å². The standard InChI is InChI=1S/C31H25Cl3F2N4O4S/c1-15-23-16(12-20(25(15)41)39-11-3-7-30(8-9-30)29(39)44)14-40(19(23)6-10-37)28(43)24-21(13-22(31(34,35)36)38-27(24)42)45-26-17(32)4-2-5-18(26)33/h2,4-5,12-13,19,41H,3,6-9,11,14H2,1H3,(H,38,42)/t19-/m0/s1. The predicted molar refractivity (Wildman–Crippen MR) is 166 cm³/mol. The van der Waals surface area contributed by atoms with Crippen LogP contribution in [0.2, 0.25) is 10.0 Å². The number of phenolic OH excluding ortho intramolecular Hbond substituents is 1. The van der Waals surface area contributed by atoms with Crippen molar-refractivity contribution in [3.05, 3.63) is 78.7 Å². The molecule has 0 unspecified atom stereocenters. The highest BCUT2D eigenvalue weighted by molar-refractivity contribution is 7.99. The summed E-state index contributed by atoms with van der Waals surface area (Å²) in [6.45, 7) is 2.03. The van der Waals surface area contributed by atoms with Crippen LogP contribution in [-0.4, -0.2) is 33.3 Å². The van der Waals surface area contributed by atoms with Crippen molar-refractivity contribution in [2.24, 2.45) is 5.41 Å². The largest absolute Gasteiger partial charge is 0.505 e. The molecule has 3 heterocycles. The Kier molecular flexibility index (Phi) is 8.09. The van der Waals surface area contributed by atoms with Crippen LogP contribution < -0.4 is 10.5 Å². The van der Waals surface area contributed by atoms with E-state index >= 15 is 0 Å². The number of anilines is 1. The second-order valence-electron chi connectivity index (χ2n) is 11.5. The second kappa shape index (κ2) is 11.5. The van der Waals surface area contributed by atoms with Crippen molar-refractivity contribution in [1.82, 2.24) is 9.88 Å². The molecule has 1 aliphatic carbocycles. The van der Waals surface area contributed by atoms with Crippen molar-refractivity contribution >= 4 is 64.1 Å². The fourth-order valence-electron chi connectivity index (χ4n) is 6.35. The van der Waals surface area contributed by atoms with E-state index in [1.54, 1.807) is 24.0 Å². The van der Waals surface area contributed by atoms with Gasteiger partial charge in [-0.3, -0.25) is 14.4 Å². The van der Waals surface area contributed by atoms with E-state index < -0.39 is 34.1 Å². The van der Waals surface area contributed by atoms with Crippen molar-refractivity contribution < 1.29 is 23.5 Å². The number of amides is 2. The van der Waals surface area contributed by atoms with Gasteiger partial charge in [0.05, 0.1) is 34.3 Å². The van der Waals surface area contributed by atoms with Gasteiger partial charge in [-0.05, 0) is 85.2 Å². The molecule has 45 heavy (non-hydrogen) atoms. The van der Waals surface area contributed by atoms with Crippen LogP contribution in [0.5, 0.6) is 5.75 Å². The minimum absolute atomic E-state index is 0.0366. The molecule has 2 amide bonds. The lowest BCUT2D eigenvalue weighted by molar-refractivity contribution is -0.125. The Hall–Kier alpha value is -3.30. The number of hydrogen-bond donors (Lipinski definition) is 2. The number of alkyl halides is 3. The number of H-pyrrole nitrogens is 1. The maximum Gasteiger partial charge on any atom is 0.362 e. The Morgan fingerprint density at radius 1 is 1.22 bits per heavy atom. The van der Waals surface area contributed by atoms with Crippen LogP contribution in [0.4, 0.5) is 14.5 Å². The molecule has 8 nitrogen and oxygen atoms in total. The molecule has 1 aromatic heterocycles. The van der Waals surface area contributed by atoms with E-state index in [1.807, 2.05) is 4.98 Å². The molecular formula is C31H25Cl3F2N4O4S. The highest BCUT2D eigenvalue weighted by atomic mass is 35.5. The SMILES string of the molecule is Cc1c(O)c(N2CCCC3(CC3)C2=O)cc2c1[C@H](CC#N)N(C(=O)c1c(Sc3c(Cl)cccc3Cl)cc(C(F)(F)Cl)[nH]c1=O)C2. The van der Waals surface area contributed by atoms with Gasteiger partial charge in [0.1, 0.15) is 17.0 Å². The van der Waals surface area contributed by atoms with Crippen molar-refractivity contribution in [3.63, 3.8) is 0 Å². The summed E-state index contributed by atoms with van der Waals surface area (Å²) in [5.74, 6) is -0.993. The van der Waals surface area contributed by atoms with E-state index in [-0.39, 0.29) is 49.9 Å². The highest BCUT2D eigenvalue weighted by Gasteiger charge is 2.54. The lowest BCUT2D eigenvalue weighted by Gasteiger charge is -2.33. The number of fused-ring (bicyclic) bond motifs is 1. The molecule has 3 aliphatic rings. The normalized spacial score (nSPS) is 18.7. The number of aromatic nitrogens is 1. The molecule has 14 heteroatoms. The summed E-state index contributed by atoms with van der Waals surface area (Å²) in [6, 6.07) is 8.38. The van der Waals surface area contributed by atoms with Crippen molar-refractivity contribution in [2.75, 3.05) is 11.4 Å². The van der Waals surface area contributed by atoms with Crippen LogP contribution in [0.25, 0.3) is 0 Å². The molecule has 2 aliphatic heterocycles. The Morgan fingerprint density at radius 2 is 1.91 bits per heavy atom. The summed E-state index contributed by atoms with van der Waals surface area (Å²) in [5, 5.41) is 17.4. The molecule has 0 radical (unpaired) electrons. The molecule has 1 atom stereocenters. The lowest BCUT2D eigenvalue weighted by Crippen LogP contribution is -2.42. The number of piperidine rings is 1. The van der Waals surface area contributed by atoms with Crippen LogP contribution in [0, 0.1) is 23.7 Å². The van der Waals surface area contributed by atoms with Gasteiger partial charge in [-0.1, -0.05) is 41.0 Å². The molecule has 3 aromatic rings. The number of hydrogen-bond acceptors (Lipinski definition) is 6. The van der Waals surface area contributed by atoms with Gasteiger partial charge >= 0.3 is 5.38 Å². The topological polar surface area (TPSA) is 117 Å². The van der Waals surface area contributed by atoms with Crippen molar-refractivity contribution in [2.45, 2.75) is 66.8 Å². The van der Waals surface area contributed by atoms with Gasteiger partial charge in [0.15, 0.2) is 0 Å². The third-order valence-electron chi connectivity index (χ3n) is 8.78. The zero-order chi connectivity index (χ0) is 32.4. The molecule has 234 valence electrons. The molecule has 1 saturated carbocycles. The number of phenols is 1. The summed E-state index contributed by atoms with van der Waals surface area (Å²) in [4.78, 5) is 46.0. The first-order valence-electron chi connectivity index (χ1n) is 14.1. The highest BCUT2D eigenvalue weighted by Crippen LogP contribution is 2.55. The molecule has 2 fully saturated rings. The van der Waals surface area contributed by atoms with Gasteiger partial charge in [0.2, 0.25) is 5.91 Å². The molecule has 1 spiro atoms. The number of carbonyl (C=O) groups is 2. The zero-order valence-corrected chi connectivity index (χ0v) is 26.8. The van der Waals surface area contributed by atoms with Gasteiger partial charge in [-0.2, -0.15) is 14.0 Å². The number of nitrogens with one attached hydrogen (secondary N) is 1. The number of aromatic hydroxyl groups is 1. The number of nitrogens with zero attached hydrogens (tertiary/aromatic N) is 3. The van der Waals surface area contributed by atoms with E-state index in [9.17, 15) is 33.5 Å². The van der Waals surface area contributed by atoms with Crippen molar-refractivity contribution in [1.29, 1.82) is 5.26 Å². The van der Waals surface area contributed by atoms with Gasteiger partial charge in [-0.15, -0.1) is 0 Å². The number of halogens is 5. The average Bonchev–Trinajstić information content (AvgIpc) is 3.66. The Balaban J connectivity index is 1.44. The summed E-state index contributed by atoms with van der Waals surface area (Å²) in [5.41, 5.74) is -1.03. The molecule has 2 aromatic carbocycles. The van der Waals surface area contributed by atoms with Crippen molar-refractivity contribution in [3.8, 4) is 11.8 Å². The second-order valence-corrected chi connectivity index (χ2v) is 13.8. The van der Waals surface area contributed by atoms with Crippen LogP contribution in [0.1, 0.15) is 70.9 Å². The molecular weight excluding hydrogens is 669 g/mol. The Morgan fingerprint density at radius 3 is 2.53 bits per heavy atom. The first kappa shape index (κ1) is 31.7. The average molecular weight is 694 g/mol. The first-order chi connectivity index (χ1) is 21.3. The van der Waals surface area contributed by atoms with Gasteiger partial charge < -0.3 is 19.9 Å². The molecule has 0 bridgehead atoms. The molecule has 6 rings (SSSR count). The Bertz CT molecular complexity index is 1850. The van der Waals surface area contributed by atoms with Crippen LogP contribution in [-0.2, 0) is 16.7 Å². The van der Waals surface area contributed by atoms with E-state index in [4.69, 9.17) is 34.8 Å². The molecule has 1 saturated heterocycles. The van der Waals surface area contributed by atoms with E-state index in [0.717, 1.165) is 43.5 Å². The Labute approximate surface area is 275 Å². The van der Waals surface area contributed by atoms with Gasteiger partial charge in [0, 0.05) is 28.3 Å². The maximum absolute atomic E-state index is 14.3. The summed E-state index contributed by atoms with van der Waals surface area (Å²) < 4.78 is 28.4. The summed E-state index contributed by atoms with van der Waals surface area (Å²) in [6.07, 6.45) is 3.03.